The molecule has 1 unspecified atom stereocenters. The molecule has 100 valence electrons. The first kappa shape index (κ1) is 13.4. The second-order valence-electron chi connectivity index (χ2n) is 4.47. The van der Waals surface area contributed by atoms with Gasteiger partial charge in [-0.25, -0.2) is 8.78 Å². The predicted molar refractivity (Wildman–Crippen MR) is 68.7 cm³/mol. The van der Waals surface area contributed by atoms with E-state index >= 15 is 0 Å². The van der Waals surface area contributed by atoms with Gasteiger partial charge in [-0.3, -0.25) is 4.79 Å². The van der Waals surface area contributed by atoms with Gasteiger partial charge in [0, 0.05) is 30.4 Å². The molecule has 1 aromatic carbocycles. The van der Waals surface area contributed by atoms with E-state index in [1.807, 2.05) is 6.92 Å². The summed E-state index contributed by atoms with van der Waals surface area (Å²) in [4.78, 5) is 11.7. The third-order valence-corrected chi connectivity index (χ3v) is 2.91. The normalized spacial score (nSPS) is 12.4. The van der Waals surface area contributed by atoms with Crippen molar-refractivity contribution in [2.24, 2.45) is 5.73 Å². The number of hydrogen-bond donors (Lipinski definition) is 1. The molecule has 3 nitrogen and oxygen atoms in total. The van der Waals surface area contributed by atoms with Crippen molar-refractivity contribution in [3.63, 3.8) is 0 Å². The Kier molecular flexibility index (Phi) is 3.76. The maximum atomic E-state index is 13.6. The van der Waals surface area contributed by atoms with Gasteiger partial charge in [-0.1, -0.05) is 6.07 Å². The minimum Gasteiger partial charge on any atom is -0.322 e. The smallest absolute Gasteiger partial charge is 0.250 e. The summed E-state index contributed by atoms with van der Waals surface area (Å²) in [5.41, 5.74) is 6.70. The molecule has 1 heterocycles. The van der Waals surface area contributed by atoms with E-state index in [1.165, 1.54) is 16.7 Å². The Bertz CT molecular complexity index is 652. The van der Waals surface area contributed by atoms with E-state index in [2.05, 4.69) is 0 Å². The maximum Gasteiger partial charge on any atom is 0.250 e. The van der Waals surface area contributed by atoms with Crippen molar-refractivity contribution >= 4 is 0 Å². The zero-order chi connectivity index (χ0) is 14.0. The molecule has 2 rings (SSSR count). The third kappa shape index (κ3) is 3.06. The van der Waals surface area contributed by atoms with Crippen molar-refractivity contribution in [1.82, 2.24) is 4.57 Å². The Labute approximate surface area is 109 Å². The van der Waals surface area contributed by atoms with Crippen LogP contribution in [0.15, 0.2) is 41.3 Å². The van der Waals surface area contributed by atoms with Gasteiger partial charge >= 0.3 is 0 Å². The number of hydrogen-bond acceptors (Lipinski definition) is 2. The molecule has 0 fully saturated rings. The quantitative estimate of drug-likeness (QED) is 0.923. The number of halogens is 2. The molecule has 0 amide bonds. The summed E-state index contributed by atoms with van der Waals surface area (Å²) >= 11 is 0. The lowest BCUT2D eigenvalue weighted by Gasteiger charge is -2.14. The van der Waals surface area contributed by atoms with Crippen molar-refractivity contribution in [1.29, 1.82) is 0 Å². The minimum absolute atomic E-state index is 0.141. The third-order valence-electron chi connectivity index (χ3n) is 2.91. The van der Waals surface area contributed by atoms with Crippen LogP contribution in [0.1, 0.15) is 17.2 Å². The number of aryl methyl sites for hydroxylation is 1. The molecule has 0 aliphatic carbocycles. The molecule has 0 radical (unpaired) electrons. The monoisotopic (exact) mass is 264 g/mol. The largest absolute Gasteiger partial charge is 0.322 e. The lowest BCUT2D eigenvalue weighted by atomic mass is 10.1. The molecular formula is C14H14F2N2O. The van der Waals surface area contributed by atoms with Gasteiger partial charge in [-0.05, 0) is 24.6 Å². The molecule has 1 atom stereocenters. The summed E-state index contributed by atoms with van der Waals surface area (Å²) in [5.74, 6) is -1.35. The number of pyridine rings is 1. The number of aromatic nitrogens is 1. The fourth-order valence-electron chi connectivity index (χ4n) is 1.87. The fourth-order valence-corrected chi connectivity index (χ4v) is 1.87. The van der Waals surface area contributed by atoms with Crippen LogP contribution in [0.2, 0.25) is 0 Å². The average molecular weight is 264 g/mol. The van der Waals surface area contributed by atoms with Crippen LogP contribution in [-0.2, 0) is 6.54 Å². The highest BCUT2D eigenvalue weighted by Crippen LogP contribution is 2.17. The van der Waals surface area contributed by atoms with Gasteiger partial charge in [0.1, 0.15) is 11.6 Å². The Hall–Kier alpha value is -2.01. The first-order valence-electron chi connectivity index (χ1n) is 5.85. The number of nitrogens with zero attached hydrogens (tertiary/aromatic N) is 1. The van der Waals surface area contributed by atoms with Crippen LogP contribution < -0.4 is 11.3 Å². The molecule has 0 aliphatic heterocycles. The molecule has 2 N–H and O–H groups in total. The van der Waals surface area contributed by atoms with Gasteiger partial charge in [0.2, 0.25) is 0 Å². The fraction of sp³-hybridized carbons (Fsp3) is 0.214. The van der Waals surface area contributed by atoms with E-state index in [1.54, 1.807) is 12.3 Å². The van der Waals surface area contributed by atoms with Crippen LogP contribution in [0.4, 0.5) is 8.78 Å². The lowest BCUT2D eigenvalue weighted by molar-refractivity contribution is 0.514. The van der Waals surface area contributed by atoms with Gasteiger partial charge in [-0.15, -0.1) is 0 Å². The topological polar surface area (TPSA) is 48.0 Å². The van der Waals surface area contributed by atoms with Crippen LogP contribution in [0.3, 0.4) is 0 Å². The van der Waals surface area contributed by atoms with E-state index < -0.39 is 17.7 Å². The summed E-state index contributed by atoms with van der Waals surface area (Å²) in [7, 11) is 0. The van der Waals surface area contributed by atoms with E-state index in [4.69, 9.17) is 5.73 Å². The van der Waals surface area contributed by atoms with E-state index in [9.17, 15) is 13.6 Å². The maximum absolute atomic E-state index is 13.6. The number of rotatable bonds is 3. The van der Waals surface area contributed by atoms with Gasteiger partial charge in [0.05, 0.1) is 6.04 Å². The molecular weight excluding hydrogens is 250 g/mol. The number of benzene rings is 1. The first-order chi connectivity index (χ1) is 8.97. The zero-order valence-electron chi connectivity index (χ0n) is 10.4. The van der Waals surface area contributed by atoms with Crippen LogP contribution in [0.25, 0.3) is 0 Å². The highest BCUT2D eigenvalue weighted by molar-refractivity contribution is 5.22. The summed E-state index contributed by atoms with van der Waals surface area (Å²) in [5, 5.41) is 0. The summed E-state index contributed by atoms with van der Waals surface area (Å²) in [6.07, 6.45) is 1.61. The molecule has 0 bridgehead atoms. The van der Waals surface area contributed by atoms with Crippen molar-refractivity contribution in [2.75, 3.05) is 0 Å². The zero-order valence-corrected chi connectivity index (χ0v) is 10.4. The molecule has 19 heavy (non-hydrogen) atoms. The van der Waals surface area contributed by atoms with Gasteiger partial charge in [0.15, 0.2) is 0 Å². The van der Waals surface area contributed by atoms with Gasteiger partial charge < -0.3 is 10.3 Å². The Morgan fingerprint density at radius 3 is 2.63 bits per heavy atom. The summed E-state index contributed by atoms with van der Waals surface area (Å²) in [6.45, 7) is 1.95. The van der Waals surface area contributed by atoms with Gasteiger partial charge in [-0.2, -0.15) is 0 Å². The van der Waals surface area contributed by atoms with Crippen LogP contribution in [0, 0.1) is 18.6 Å². The number of nitrogens with two attached hydrogens (primary N) is 1. The highest BCUT2D eigenvalue weighted by Gasteiger charge is 2.13. The Morgan fingerprint density at radius 1 is 1.26 bits per heavy atom. The standard InChI is InChI=1S/C14H14F2N2O/c1-9-4-5-18(14(19)6-9)8-13(17)11-3-2-10(15)7-12(11)16/h2-7,13H,8,17H2,1H3. The second-order valence-corrected chi connectivity index (χ2v) is 4.47. The van der Waals surface area contributed by atoms with E-state index in [0.717, 1.165) is 17.7 Å². The van der Waals surface area contributed by atoms with Crippen molar-refractivity contribution < 1.29 is 8.78 Å². The highest BCUT2D eigenvalue weighted by atomic mass is 19.1. The molecule has 0 saturated carbocycles. The summed E-state index contributed by atoms with van der Waals surface area (Å²) < 4.78 is 27.8. The van der Waals surface area contributed by atoms with Gasteiger partial charge in [0.25, 0.3) is 5.56 Å². The molecule has 0 aliphatic rings. The molecule has 0 spiro atoms. The lowest BCUT2D eigenvalue weighted by Crippen LogP contribution is -2.26. The molecule has 1 aromatic heterocycles. The van der Waals surface area contributed by atoms with E-state index in [0.29, 0.717) is 0 Å². The van der Waals surface area contributed by atoms with Crippen LogP contribution in [-0.4, -0.2) is 4.57 Å². The molecule has 5 heteroatoms. The van der Waals surface area contributed by atoms with Crippen molar-refractivity contribution in [3.05, 3.63) is 69.6 Å². The first-order valence-corrected chi connectivity index (χ1v) is 5.85. The molecule has 2 aromatic rings. The predicted octanol–water partition coefficient (Wildman–Crippen LogP) is 2.13. The average Bonchev–Trinajstić information content (AvgIpc) is 2.32. The SMILES string of the molecule is Cc1ccn(CC(N)c2ccc(F)cc2F)c(=O)c1. The van der Waals surface area contributed by atoms with E-state index in [-0.39, 0.29) is 17.7 Å². The van der Waals surface area contributed by atoms with Crippen molar-refractivity contribution in [3.8, 4) is 0 Å². The minimum atomic E-state index is -0.707. The van der Waals surface area contributed by atoms with Crippen LogP contribution in [0.5, 0.6) is 0 Å². The van der Waals surface area contributed by atoms with Crippen LogP contribution >= 0.6 is 0 Å². The summed E-state index contributed by atoms with van der Waals surface area (Å²) in [6, 6.07) is 5.78. The second kappa shape index (κ2) is 5.32. The Balaban J connectivity index is 2.25. The molecule has 0 saturated heterocycles. The van der Waals surface area contributed by atoms with Crippen molar-refractivity contribution in [2.45, 2.75) is 19.5 Å². The Morgan fingerprint density at radius 2 is 2.00 bits per heavy atom.